The van der Waals surface area contributed by atoms with E-state index < -0.39 is 0 Å². The zero-order valence-corrected chi connectivity index (χ0v) is 11.9. The first-order valence-electron chi connectivity index (χ1n) is 6.80. The molecule has 4 atom stereocenters. The van der Waals surface area contributed by atoms with Gasteiger partial charge in [0.25, 0.3) is 0 Å². The fourth-order valence-corrected chi connectivity index (χ4v) is 4.21. The van der Waals surface area contributed by atoms with Crippen molar-refractivity contribution in [2.24, 2.45) is 0 Å². The van der Waals surface area contributed by atoms with Crippen molar-refractivity contribution in [3.05, 3.63) is 0 Å². The molecule has 1 N–H and O–H groups in total. The maximum Gasteiger partial charge on any atom is 0.241 e. The Bertz CT molecular complexity index is 285. The van der Waals surface area contributed by atoms with Gasteiger partial charge in [0.1, 0.15) is 0 Å². The Balaban J connectivity index is 2.12. The average Bonchev–Trinajstić information content (AvgIpc) is 2.64. The van der Waals surface area contributed by atoms with Gasteiger partial charge in [-0.05, 0) is 32.4 Å². The minimum atomic E-state index is 0.0504. The van der Waals surface area contributed by atoms with Crippen LogP contribution in [0.15, 0.2) is 0 Å². The van der Waals surface area contributed by atoms with Gasteiger partial charge in [-0.3, -0.25) is 10.1 Å². The molecule has 0 aromatic heterocycles. The van der Waals surface area contributed by atoms with Crippen molar-refractivity contribution in [1.29, 1.82) is 0 Å². The van der Waals surface area contributed by atoms with Crippen LogP contribution >= 0.6 is 11.8 Å². The number of nitrogens with one attached hydrogen (secondary N) is 1. The van der Waals surface area contributed by atoms with Crippen molar-refractivity contribution in [2.75, 3.05) is 6.26 Å². The number of carbonyl (C=O) groups is 1. The van der Waals surface area contributed by atoms with Crippen LogP contribution in [0.5, 0.6) is 0 Å². The second-order valence-corrected chi connectivity index (χ2v) is 6.25. The molecule has 1 aliphatic carbocycles. The summed E-state index contributed by atoms with van der Waals surface area (Å²) < 4.78 is 0. The molecule has 17 heavy (non-hydrogen) atoms. The molecule has 1 heterocycles. The van der Waals surface area contributed by atoms with Crippen LogP contribution in [0.1, 0.15) is 46.0 Å². The lowest BCUT2D eigenvalue weighted by molar-refractivity contribution is -0.132. The van der Waals surface area contributed by atoms with Crippen molar-refractivity contribution in [2.45, 2.75) is 69.5 Å². The second-order valence-electron chi connectivity index (χ2n) is 5.17. The van der Waals surface area contributed by atoms with Crippen molar-refractivity contribution in [3.8, 4) is 0 Å². The highest BCUT2D eigenvalue weighted by atomic mass is 32.2. The van der Waals surface area contributed by atoms with E-state index in [1.54, 1.807) is 0 Å². The number of thioether (sulfide) groups is 1. The third kappa shape index (κ3) is 2.48. The van der Waals surface area contributed by atoms with Gasteiger partial charge in [-0.25, -0.2) is 0 Å². The predicted octanol–water partition coefficient (Wildman–Crippen LogP) is 2.22. The summed E-state index contributed by atoms with van der Waals surface area (Å²) in [7, 11) is 0. The lowest BCUT2D eigenvalue weighted by Crippen LogP contribution is -2.49. The van der Waals surface area contributed by atoms with Gasteiger partial charge in [0.2, 0.25) is 5.91 Å². The Kier molecular flexibility index (Phi) is 4.36. The Morgan fingerprint density at radius 2 is 2.12 bits per heavy atom. The number of hydrogen-bond acceptors (Lipinski definition) is 3. The molecular formula is C13H24N2OS. The van der Waals surface area contributed by atoms with Gasteiger partial charge in [-0.1, -0.05) is 19.8 Å². The summed E-state index contributed by atoms with van der Waals surface area (Å²) in [5, 5.41) is 4.04. The van der Waals surface area contributed by atoms with Crippen LogP contribution in [0, 0.1) is 0 Å². The first kappa shape index (κ1) is 13.2. The molecule has 0 spiro atoms. The average molecular weight is 256 g/mol. The number of nitrogens with zero attached hydrogens (tertiary/aromatic N) is 1. The Morgan fingerprint density at radius 3 is 2.71 bits per heavy atom. The topological polar surface area (TPSA) is 32.3 Å². The minimum absolute atomic E-state index is 0.0504. The molecule has 2 rings (SSSR count). The van der Waals surface area contributed by atoms with Crippen molar-refractivity contribution < 1.29 is 4.79 Å². The fourth-order valence-electron chi connectivity index (χ4n) is 3.23. The molecule has 0 aromatic carbocycles. The molecule has 1 aliphatic heterocycles. The molecule has 1 amide bonds. The van der Waals surface area contributed by atoms with E-state index in [0.717, 1.165) is 6.42 Å². The molecule has 4 unspecified atom stereocenters. The maximum absolute atomic E-state index is 12.4. The lowest BCUT2D eigenvalue weighted by atomic mass is 9.93. The minimum Gasteiger partial charge on any atom is -0.322 e. The zero-order chi connectivity index (χ0) is 12.4. The maximum atomic E-state index is 12.4. The Morgan fingerprint density at radius 1 is 1.41 bits per heavy atom. The van der Waals surface area contributed by atoms with Gasteiger partial charge >= 0.3 is 0 Å². The third-order valence-corrected chi connectivity index (χ3v) is 5.30. The highest BCUT2D eigenvalue weighted by Gasteiger charge is 2.42. The molecule has 2 fully saturated rings. The smallest absolute Gasteiger partial charge is 0.241 e. The first-order valence-corrected chi connectivity index (χ1v) is 8.08. The number of carbonyl (C=O) groups excluding carboxylic acids is 1. The molecule has 0 radical (unpaired) electrons. The Hall–Kier alpha value is -0.220. The van der Waals surface area contributed by atoms with Crippen LogP contribution in [-0.4, -0.2) is 40.6 Å². The van der Waals surface area contributed by atoms with Gasteiger partial charge in [0, 0.05) is 11.3 Å². The van der Waals surface area contributed by atoms with Crippen LogP contribution in [0.3, 0.4) is 0 Å². The SMILES string of the molecule is CCC1NC(C)N(C2CCCCC2SC)C1=O. The van der Waals surface area contributed by atoms with Crippen LogP contribution < -0.4 is 5.32 Å². The summed E-state index contributed by atoms with van der Waals surface area (Å²) in [6.07, 6.45) is 8.33. The Labute approximate surface area is 109 Å². The second kappa shape index (κ2) is 5.61. The van der Waals surface area contributed by atoms with E-state index in [-0.39, 0.29) is 12.2 Å². The zero-order valence-electron chi connectivity index (χ0n) is 11.1. The van der Waals surface area contributed by atoms with Crippen LogP contribution in [-0.2, 0) is 4.79 Å². The highest BCUT2D eigenvalue weighted by molar-refractivity contribution is 7.99. The fraction of sp³-hybridized carbons (Fsp3) is 0.923. The molecule has 2 aliphatic rings. The van der Waals surface area contributed by atoms with Gasteiger partial charge in [-0.2, -0.15) is 11.8 Å². The first-order chi connectivity index (χ1) is 8.19. The number of amides is 1. The van der Waals surface area contributed by atoms with Gasteiger partial charge in [0.05, 0.1) is 12.2 Å². The van der Waals surface area contributed by atoms with Gasteiger partial charge < -0.3 is 4.90 Å². The number of hydrogen-bond donors (Lipinski definition) is 1. The molecule has 98 valence electrons. The summed E-state index contributed by atoms with van der Waals surface area (Å²) in [5.41, 5.74) is 0. The van der Waals surface area contributed by atoms with E-state index in [2.05, 4.69) is 30.3 Å². The van der Waals surface area contributed by atoms with E-state index in [1.807, 2.05) is 11.8 Å². The summed E-state index contributed by atoms with van der Waals surface area (Å²) >= 11 is 1.93. The summed E-state index contributed by atoms with van der Waals surface area (Å²) in [5.74, 6) is 0.325. The monoisotopic (exact) mass is 256 g/mol. The van der Waals surface area contributed by atoms with Crippen LogP contribution in [0.2, 0.25) is 0 Å². The quantitative estimate of drug-likeness (QED) is 0.840. The van der Waals surface area contributed by atoms with Crippen molar-refractivity contribution in [1.82, 2.24) is 10.2 Å². The number of rotatable bonds is 3. The third-order valence-electron chi connectivity index (χ3n) is 4.15. The van der Waals surface area contributed by atoms with Crippen LogP contribution in [0.4, 0.5) is 0 Å². The summed E-state index contributed by atoms with van der Waals surface area (Å²) in [6.45, 7) is 4.21. The van der Waals surface area contributed by atoms with Crippen LogP contribution in [0.25, 0.3) is 0 Å². The van der Waals surface area contributed by atoms with E-state index in [0.29, 0.717) is 17.2 Å². The molecule has 4 heteroatoms. The normalized spacial score (nSPS) is 38.8. The molecular weight excluding hydrogens is 232 g/mol. The highest BCUT2D eigenvalue weighted by Crippen LogP contribution is 2.33. The van der Waals surface area contributed by atoms with E-state index >= 15 is 0 Å². The molecule has 1 saturated heterocycles. The van der Waals surface area contributed by atoms with Crippen molar-refractivity contribution >= 4 is 17.7 Å². The standard InChI is InChI=1S/C13H24N2OS/c1-4-10-13(16)15(9(2)14-10)11-7-5-6-8-12(11)17-3/h9-12,14H,4-8H2,1-3H3. The predicted molar refractivity (Wildman–Crippen MR) is 73.1 cm³/mol. The van der Waals surface area contributed by atoms with E-state index in [9.17, 15) is 4.79 Å². The molecule has 0 aromatic rings. The molecule has 1 saturated carbocycles. The van der Waals surface area contributed by atoms with Gasteiger partial charge in [0.15, 0.2) is 0 Å². The van der Waals surface area contributed by atoms with Gasteiger partial charge in [-0.15, -0.1) is 0 Å². The van der Waals surface area contributed by atoms with Crippen molar-refractivity contribution in [3.63, 3.8) is 0 Å². The summed E-state index contributed by atoms with van der Waals surface area (Å²) in [4.78, 5) is 14.5. The largest absolute Gasteiger partial charge is 0.322 e. The lowest BCUT2D eigenvalue weighted by Gasteiger charge is -2.39. The molecule has 3 nitrogen and oxygen atoms in total. The van der Waals surface area contributed by atoms with E-state index in [4.69, 9.17) is 0 Å². The molecule has 0 bridgehead atoms. The summed E-state index contributed by atoms with van der Waals surface area (Å²) in [6, 6.07) is 0.500. The van der Waals surface area contributed by atoms with E-state index in [1.165, 1.54) is 25.7 Å².